The number of hydrogen-bond donors (Lipinski definition) is 1. The average molecular weight is 261 g/mol. The number of hydrogen-bond acceptors (Lipinski definition) is 4. The van der Waals surface area contributed by atoms with Gasteiger partial charge in [-0.3, -0.25) is 4.99 Å². The van der Waals surface area contributed by atoms with Crippen molar-refractivity contribution < 1.29 is 0 Å². The van der Waals surface area contributed by atoms with Gasteiger partial charge in [0.25, 0.3) is 0 Å². The molecule has 1 heterocycles. The maximum Gasteiger partial charge on any atom is 0.132 e. The number of anilines is 1. The molecule has 0 aliphatic heterocycles. The molecule has 1 aromatic heterocycles. The third kappa shape index (κ3) is 3.28. The van der Waals surface area contributed by atoms with E-state index in [0.717, 1.165) is 11.1 Å². The molecular weight excluding hydrogens is 248 g/mol. The smallest absolute Gasteiger partial charge is 0.132 e. The standard InChI is InChI=1S/C13H13ClN4/c1-9-17-8-11(13(15)18-9)7-16-6-10-2-4-12(14)5-3-10/h2-6,8H,7H2,1H3,(H2,15,17,18). The molecule has 2 rings (SSSR count). The van der Waals surface area contributed by atoms with Crippen LogP contribution in [-0.2, 0) is 6.54 Å². The number of nitrogens with two attached hydrogens (primary N) is 1. The van der Waals surface area contributed by atoms with E-state index in [1.165, 1.54) is 0 Å². The van der Waals surface area contributed by atoms with Crippen LogP contribution in [-0.4, -0.2) is 16.2 Å². The minimum absolute atomic E-state index is 0.467. The highest BCUT2D eigenvalue weighted by Crippen LogP contribution is 2.10. The molecule has 92 valence electrons. The number of aliphatic imine (C=N–C) groups is 1. The van der Waals surface area contributed by atoms with E-state index in [1.807, 2.05) is 24.3 Å². The predicted molar refractivity (Wildman–Crippen MR) is 73.9 cm³/mol. The molecule has 0 amide bonds. The van der Waals surface area contributed by atoms with Crippen molar-refractivity contribution >= 4 is 23.6 Å². The largest absolute Gasteiger partial charge is 0.383 e. The Bertz CT molecular complexity index is 564. The Hall–Kier alpha value is -1.94. The van der Waals surface area contributed by atoms with Gasteiger partial charge in [0.2, 0.25) is 0 Å². The Morgan fingerprint density at radius 3 is 2.72 bits per heavy atom. The maximum absolute atomic E-state index is 5.80. The second-order valence-electron chi connectivity index (χ2n) is 3.85. The quantitative estimate of drug-likeness (QED) is 0.863. The zero-order valence-electron chi connectivity index (χ0n) is 9.97. The Kier molecular flexibility index (Phi) is 3.89. The number of nitrogen functional groups attached to an aromatic ring is 1. The molecule has 0 saturated carbocycles. The molecule has 5 heteroatoms. The van der Waals surface area contributed by atoms with Gasteiger partial charge in [-0.15, -0.1) is 0 Å². The van der Waals surface area contributed by atoms with Crippen molar-refractivity contribution in [2.24, 2.45) is 4.99 Å². The minimum Gasteiger partial charge on any atom is -0.383 e. The lowest BCUT2D eigenvalue weighted by Crippen LogP contribution is -2.00. The van der Waals surface area contributed by atoms with Gasteiger partial charge in [-0.2, -0.15) is 0 Å². The fourth-order valence-corrected chi connectivity index (χ4v) is 1.56. The van der Waals surface area contributed by atoms with Gasteiger partial charge < -0.3 is 5.73 Å². The van der Waals surface area contributed by atoms with E-state index in [2.05, 4.69) is 15.0 Å². The zero-order valence-corrected chi connectivity index (χ0v) is 10.7. The Labute approximate surface area is 111 Å². The molecule has 0 fully saturated rings. The summed E-state index contributed by atoms with van der Waals surface area (Å²) in [6, 6.07) is 7.46. The highest BCUT2D eigenvalue weighted by atomic mass is 35.5. The molecule has 0 saturated heterocycles. The van der Waals surface area contributed by atoms with Gasteiger partial charge in [0, 0.05) is 23.0 Å². The van der Waals surface area contributed by atoms with Crippen LogP contribution in [0.5, 0.6) is 0 Å². The van der Waals surface area contributed by atoms with Crippen LogP contribution in [0.4, 0.5) is 5.82 Å². The number of benzene rings is 1. The molecule has 0 atom stereocenters. The summed E-state index contributed by atoms with van der Waals surface area (Å²) in [5.41, 5.74) is 7.59. The second-order valence-corrected chi connectivity index (χ2v) is 4.29. The molecular formula is C13H13ClN4. The molecule has 18 heavy (non-hydrogen) atoms. The summed E-state index contributed by atoms with van der Waals surface area (Å²) in [5, 5.41) is 0.711. The van der Waals surface area contributed by atoms with Crippen LogP contribution in [0.3, 0.4) is 0 Å². The lowest BCUT2D eigenvalue weighted by atomic mass is 10.2. The summed E-state index contributed by atoms with van der Waals surface area (Å²) < 4.78 is 0. The number of rotatable bonds is 3. The van der Waals surface area contributed by atoms with E-state index in [9.17, 15) is 0 Å². The SMILES string of the molecule is Cc1ncc(CN=Cc2ccc(Cl)cc2)c(N)n1. The Balaban J connectivity index is 2.05. The zero-order chi connectivity index (χ0) is 13.0. The summed E-state index contributed by atoms with van der Waals surface area (Å²) in [6.45, 7) is 2.27. The van der Waals surface area contributed by atoms with E-state index < -0.39 is 0 Å². The lowest BCUT2D eigenvalue weighted by Gasteiger charge is -2.01. The van der Waals surface area contributed by atoms with Gasteiger partial charge in [-0.1, -0.05) is 23.7 Å². The summed E-state index contributed by atoms with van der Waals surface area (Å²) in [4.78, 5) is 12.5. The van der Waals surface area contributed by atoms with Crippen molar-refractivity contribution in [3.63, 3.8) is 0 Å². The molecule has 0 aliphatic carbocycles. The van der Waals surface area contributed by atoms with Crippen LogP contribution >= 0.6 is 11.6 Å². The van der Waals surface area contributed by atoms with E-state index in [1.54, 1.807) is 19.3 Å². The van der Waals surface area contributed by atoms with Crippen molar-refractivity contribution in [2.75, 3.05) is 5.73 Å². The first-order chi connectivity index (χ1) is 8.65. The Morgan fingerprint density at radius 1 is 1.33 bits per heavy atom. The van der Waals surface area contributed by atoms with Gasteiger partial charge in [0.15, 0.2) is 0 Å². The first-order valence-corrected chi connectivity index (χ1v) is 5.86. The lowest BCUT2D eigenvalue weighted by molar-refractivity contribution is 0.981. The van der Waals surface area contributed by atoms with Crippen LogP contribution in [0.15, 0.2) is 35.5 Å². The minimum atomic E-state index is 0.467. The number of aryl methyl sites for hydroxylation is 1. The normalized spacial score (nSPS) is 11.0. The van der Waals surface area contributed by atoms with Crippen molar-refractivity contribution in [1.29, 1.82) is 0 Å². The topological polar surface area (TPSA) is 64.2 Å². The highest BCUT2D eigenvalue weighted by Gasteiger charge is 1.99. The van der Waals surface area contributed by atoms with Crippen LogP contribution in [0.25, 0.3) is 0 Å². The summed E-state index contributed by atoms with van der Waals surface area (Å²) in [6.07, 6.45) is 3.48. The van der Waals surface area contributed by atoms with E-state index in [0.29, 0.717) is 23.2 Å². The van der Waals surface area contributed by atoms with Gasteiger partial charge in [0.1, 0.15) is 11.6 Å². The molecule has 0 unspecified atom stereocenters. The maximum atomic E-state index is 5.80. The first-order valence-electron chi connectivity index (χ1n) is 5.48. The summed E-state index contributed by atoms with van der Waals surface area (Å²) >= 11 is 5.80. The summed E-state index contributed by atoms with van der Waals surface area (Å²) in [7, 11) is 0. The molecule has 0 radical (unpaired) electrons. The highest BCUT2D eigenvalue weighted by molar-refractivity contribution is 6.30. The van der Waals surface area contributed by atoms with Gasteiger partial charge in [-0.05, 0) is 24.6 Å². The number of halogens is 1. The third-order valence-corrected chi connectivity index (χ3v) is 2.64. The van der Waals surface area contributed by atoms with Crippen molar-refractivity contribution in [3.05, 3.63) is 52.4 Å². The van der Waals surface area contributed by atoms with Crippen molar-refractivity contribution in [2.45, 2.75) is 13.5 Å². The molecule has 0 spiro atoms. The van der Waals surface area contributed by atoms with Crippen LogP contribution in [0.1, 0.15) is 17.0 Å². The third-order valence-electron chi connectivity index (χ3n) is 2.39. The fourth-order valence-electron chi connectivity index (χ4n) is 1.43. The van der Waals surface area contributed by atoms with Crippen LogP contribution in [0, 0.1) is 6.92 Å². The number of aromatic nitrogens is 2. The monoisotopic (exact) mass is 260 g/mol. The predicted octanol–water partition coefficient (Wildman–Crippen LogP) is 2.64. The second kappa shape index (κ2) is 5.60. The number of nitrogens with zero attached hydrogens (tertiary/aromatic N) is 3. The van der Waals surface area contributed by atoms with E-state index in [-0.39, 0.29) is 0 Å². The summed E-state index contributed by atoms with van der Waals surface area (Å²) in [5.74, 6) is 1.15. The van der Waals surface area contributed by atoms with E-state index in [4.69, 9.17) is 17.3 Å². The Morgan fingerprint density at radius 2 is 2.06 bits per heavy atom. The van der Waals surface area contributed by atoms with Crippen LogP contribution < -0.4 is 5.73 Å². The molecule has 0 aliphatic rings. The van der Waals surface area contributed by atoms with Gasteiger partial charge in [-0.25, -0.2) is 9.97 Å². The fraction of sp³-hybridized carbons (Fsp3) is 0.154. The van der Waals surface area contributed by atoms with Crippen LogP contribution in [0.2, 0.25) is 5.02 Å². The molecule has 4 nitrogen and oxygen atoms in total. The van der Waals surface area contributed by atoms with Gasteiger partial charge >= 0.3 is 0 Å². The molecule has 2 N–H and O–H groups in total. The van der Waals surface area contributed by atoms with Crippen molar-refractivity contribution in [3.8, 4) is 0 Å². The molecule has 1 aromatic carbocycles. The molecule has 2 aromatic rings. The molecule has 0 bridgehead atoms. The van der Waals surface area contributed by atoms with Crippen molar-refractivity contribution in [1.82, 2.24) is 9.97 Å². The average Bonchev–Trinajstić information content (AvgIpc) is 2.34. The first kappa shape index (κ1) is 12.5. The van der Waals surface area contributed by atoms with Gasteiger partial charge in [0.05, 0.1) is 6.54 Å². The van der Waals surface area contributed by atoms with E-state index >= 15 is 0 Å².